The Morgan fingerprint density at radius 2 is 1.94 bits per heavy atom. The van der Waals surface area contributed by atoms with Gasteiger partial charge in [0.05, 0.1) is 18.3 Å². The standard InChI is InChI=1S/C24H29N3O4/c1-17(2)16-31-22-8-4-3-7-21(22)27-23(28)15-25-19-11-9-18(10-12-19)24(29)26-14-20-6-5-13-30-20/h3-4,7-12,20,25H,1,5-6,13-16H2,2H3,(H,26,29)(H,27,28). The molecular formula is C24H29N3O4. The molecular weight excluding hydrogens is 394 g/mol. The molecule has 2 amide bonds. The van der Waals surface area contributed by atoms with Gasteiger partial charge in [-0.2, -0.15) is 0 Å². The van der Waals surface area contributed by atoms with Crippen LogP contribution in [-0.4, -0.2) is 44.2 Å². The van der Waals surface area contributed by atoms with E-state index in [2.05, 4.69) is 22.5 Å². The predicted octanol–water partition coefficient (Wildman–Crippen LogP) is 3.60. The highest BCUT2D eigenvalue weighted by Gasteiger charge is 2.16. The Balaban J connectivity index is 1.46. The number of hydrogen-bond acceptors (Lipinski definition) is 5. The van der Waals surface area contributed by atoms with Crippen molar-refractivity contribution in [3.8, 4) is 5.75 Å². The first kappa shape index (κ1) is 22.4. The summed E-state index contributed by atoms with van der Waals surface area (Å²) in [7, 11) is 0. The van der Waals surface area contributed by atoms with Crippen LogP contribution in [0.3, 0.4) is 0 Å². The third kappa shape index (κ3) is 7.15. The van der Waals surface area contributed by atoms with Crippen molar-refractivity contribution in [3.05, 3.63) is 66.2 Å². The number of carbonyl (C=O) groups excluding carboxylic acids is 2. The molecule has 7 heteroatoms. The molecule has 3 rings (SSSR count). The number of anilines is 2. The van der Waals surface area contributed by atoms with E-state index in [4.69, 9.17) is 9.47 Å². The molecule has 2 aromatic rings. The van der Waals surface area contributed by atoms with Crippen LogP contribution < -0.4 is 20.7 Å². The molecule has 0 saturated carbocycles. The third-order valence-corrected chi connectivity index (χ3v) is 4.75. The van der Waals surface area contributed by atoms with E-state index in [0.717, 1.165) is 30.7 Å². The molecule has 1 aliphatic rings. The van der Waals surface area contributed by atoms with Gasteiger partial charge in [-0.15, -0.1) is 0 Å². The molecule has 1 unspecified atom stereocenters. The van der Waals surface area contributed by atoms with Gasteiger partial charge in [0, 0.05) is 24.4 Å². The molecule has 0 aliphatic carbocycles. The zero-order valence-corrected chi connectivity index (χ0v) is 17.8. The first-order chi connectivity index (χ1) is 15.0. The minimum absolute atomic E-state index is 0.0827. The molecule has 1 heterocycles. The van der Waals surface area contributed by atoms with Crippen LogP contribution in [0.5, 0.6) is 5.75 Å². The van der Waals surface area contributed by atoms with Crippen LogP contribution in [0, 0.1) is 0 Å². The molecule has 0 bridgehead atoms. The van der Waals surface area contributed by atoms with Crippen molar-refractivity contribution in [2.75, 3.05) is 36.9 Å². The quantitative estimate of drug-likeness (QED) is 0.508. The van der Waals surface area contributed by atoms with Crippen LogP contribution in [0.15, 0.2) is 60.7 Å². The molecule has 1 atom stereocenters. The lowest BCUT2D eigenvalue weighted by atomic mass is 10.2. The number of amides is 2. The number of ether oxygens (including phenoxy) is 2. The first-order valence-corrected chi connectivity index (χ1v) is 10.4. The number of nitrogens with one attached hydrogen (secondary N) is 3. The SMILES string of the molecule is C=C(C)COc1ccccc1NC(=O)CNc1ccc(C(=O)NCC2CCCO2)cc1. The topological polar surface area (TPSA) is 88.7 Å². The van der Waals surface area contributed by atoms with E-state index in [0.29, 0.717) is 30.2 Å². The Bertz CT molecular complexity index is 905. The maximum Gasteiger partial charge on any atom is 0.251 e. The molecule has 31 heavy (non-hydrogen) atoms. The maximum absolute atomic E-state index is 12.3. The summed E-state index contributed by atoms with van der Waals surface area (Å²) >= 11 is 0. The van der Waals surface area contributed by atoms with Crippen molar-refractivity contribution in [1.82, 2.24) is 5.32 Å². The van der Waals surface area contributed by atoms with Crippen molar-refractivity contribution in [1.29, 1.82) is 0 Å². The summed E-state index contributed by atoms with van der Waals surface area (Å²) in [6.45, 7) is 7.46. The average Bonchev–Trinajstić information content (AvgIpc) is 3.29. The highest BCUT2D eigenvalue weighted by atomic mass is 16.5. The van der Waals surface area contributed by atoms with Gasteiger partial charge >= 0.3 is 0 Å². The lowest BCUT2D eigenvalue weighted by Crippen LogP contribution is -2.31. The molecule has 1 saturated heterocycles. The smallest absolute Gasteiger partial charge is 0.251 e. The van der Waals surface area contributed by atoms with E-state index < -0.39 is 0 Å². The van der Waals surface area contributed by atoms with E-state index in [1.807, 2.05) is 19.1 Å². The summed E-state index contributed by atoms with van der Waals surface area (Å²) in [6, 6.07) is 14.3. The zero-order chi connectivity index (χ0) is 22.1. The summed E-state index contributed by atoms with van der Waals surface area (Å²) in [4.78, 5) is 24.6. The van der Waals surface area contributed by atoms with Crippen LogP contribution in [-0.2, 0) is 9.53 Å². The highest BCUT2D eigenvalue weighted by Crippen LogP contribution is 2.24. The lowest BCUT2D eigenvalue weighted by Gasteiger charge is -2.13. The first-order valence-electron chi connectivity index (χ1n) is 10.4. The second-order valence-corrected chi connectivity index (χ2v) is 7.57. The summed E-state index contributed by atoms with van der Waals surface area (Å²) in [6.07, 6.45) is 2.14. The predicted molar refractivity (Wildman–Crippen MR) is 122 cm³/mol. The minimum Gasteiger partial charge on any atom is -0.487 e. The summed E-state index contributed by atoms with van der Waals surface area (Å²) in [5.41, 5.74) is 2.81. The number of hydrogen-bond donors (Lipinski definition) is 3. The minimum atomic E-state index is -0.204. The van der Waals surface area contributed by atoms with Crippen molar-refractivity contribution in [2.45, 2.75) is 25.9 Å². The number of para-hydroxylation sites is 2. The zero-order valence-electron chi connectivity index (χ0n) is 17.8. The Kier molecular flexibility index (Phi) is 8.06. The van der Waals surface area contributed by atoms with Gasteiger partial charge < -0.3 is 25.4 Å². The highest BCUT2D eigenvalue weighted by molar-refractivity contribution is 5.96. The van der Waals surface area contributed by atoms with Crippen molar-refractivity contribution in [3.63, 3.8) is 0 Å². The fraction of sp³-hybridized carbons (Fsp3) is 0.333. The van der Waals surface area contributed by atoms with E-state index in [-0.39, 0.29) is 24.5 Å². The molecule has 3 N–H and O–H groups in total. The number of benzene rings is 2. The van der Waals surface area contributed by atoms with Crippen molar-refractivity contribution in [2.24, 2.45) is 0 Å². The molecule has 164 valence electrons. The third-order valence-electron chi connectivity index (χ3n) is 4.75. The van der Waals surface area contributed by atoms with Gasteiger partial charge in [-0.25, -0.2) is 0 Å². The normalized spacial score (nSPS) is 15.2. The van der Waals surface area contributed by atoms with E-state index in [1.54, 1.807) is 36.4 Å². The summed E-state index contributed by atoms with van der Waals surface area (Å²) in [5, 5.41) is 8.80. The molecule has 1 fully saturated rings. The fourth-order valence-corrected chi connectivity index (χ4v) is 3.13. The van der Waals surface area contributed by atoms with E-state index in [1.165, 1.54) is 0 Å². The van der Waals surface area contributed by atoms with Gasteiger partial charge in [-0.05, 0) is 61.7 Å². The second kappa shape index (κ2) is 11.2. The summed E-state index contributed by atoms with van der Waals surface area (Å²) in [5.74, 6) is 0.258. The Morgan fingerprint density at radius 3 is 2.65 bits per heavy atom. The average molecular weight is 424 g/mol. The lowest BCUT2D eigenvalue weighted by molar-refractivity contribution is -0.114. The number of carbonyl (C=O) groups is 2. The van der Waals surface area contributed by atoms with Gasteiger partial charge in [0.1, 0.15) is 12.4 Å². The molecule has 1 aliphatic heterocycles. The van der Waals surface area contributed by atoms with Crippen molar-refractivity contribution >= 4 is 23.2 Å². The Labute approximate surface area is 182 Å². The van der Waals surface area contributed by atoms with E-state index in [9.17, 15) is 9.59 Å². The van der Waals surface area contributed by atoms with Gasteiger partial charge in [0.15, 0.2) is 0 Å². The van der Waals surface area contributed by atoms with Crippen LogP contribution in [0.1, 0.15) is 30.1 Å². The van der Waals surface area contributed by atoms with Crippen LogP contribution in [0.25, 0.3) is 0 Å². The Hall–Kier alpha value is -3.32. The summed E-state index contributed by atoms with van der Waals surface area (Å²) < 4.78 is 11.2. The molecule has 0 radical (unpaired) electrons. The molecule has 0 spiro atoms. The van der Waals surface area contributed by atoms with Gasteiger partial charge in [-0.3, -0.25) is 9.59 Å². The Morgan fingerprint density at radius 1 is 1.16 bits per heavy atom. The van der Waals surface area contributed by atoms with Crippen LogP contribution >= 0.6 is 0 Å². The maximum atomic E-state index is 12.3. The van der Waals surface area contributed by atoms with Gasteiger partial charge in [0.25, 0.3) is 5.91 Å². The molecule has 2 aromatic carbocycles. The largest absolute Gasteiger partial charge is 0.487 e. The van der Waals surface area contributed by atoms with E-state index >= 15 is 0 Å². The van der Waals surface area contributed by atoms with Crippen molar-refractivity contribution < 1.29 is 19.1 Å². The van der Waals surface area contributed by atoms with Gasteiger partial charge in [-0.1, -0.05) is 18.7 Å². The number of rotatable bonds is 10. The second-order valence-electron chi connectivity index (χ2n) is 7.57. The monoisotopic (exact) mass is 423 g/mol. The molecule has 0 aromatic heterocycles. The fourth-order valence-electron chi connectivity index (χ4n) is 3.13. The molecule has 7 nitrogen and oxygen atoms in total. The van der Waals surface area contributed by atoms with Gasteiger partial charge in [0.2, 0.25) is 5.91 Å². The van der Waals surface area contributed by atoms with Crippen LogP contribution in [0.2, 0.25) is 0 Å². The van der Waals surface area contributed by atoms with Crippen LogP contribution in [0.4, 0.5) is 11.4 Å².